The second kappa shape index (κ2) is 12.1. The molecule has 2 atom stereocenters. The van der Waals surface area contributed by atoms with Crippen LogP contribution in [0.5, 0.6) is 0 Å². The molecule has 0 heterocycles. The van der Waals surface area contributed by atoms with E-state index in [0.717, 1.165) is 5.56 Å². The van der Waals surface area contributed by atoms with Crippen molar-refractivity contribution in [2.45, 2.75) is 72.0 Å². The lowest BCUT2D eigenvalue weighted by molar-refractivity contribution is -0.140. The van der Waals surface area contributed by atoms with Gasteiger partial charge in [0.2, 0.25) is 11.7 Å². The molecule has 4 amide bonds. The van der Waals surface area contributed by atoms with Gasteiger partial charge in [-0.2, -0.15) is 0 Å². The second-order valence-electron chi connectivity index (χ2n) is 9.01. The van der Waals surface area contributed by atoms with E-state index in [1.165, 1.54) is 0 Å². The van der Waals surface area contributed by atoms with Crippen molar-refractivity contribution >= 4 is 23.6 Å². The van der Waals surface area contributed by atoms with Crippen molar-refractivity contribution in [2.24, 2.45) is 5.92 Å². The van der Waals surface area contributed by atoms with Crippen LogP contribution >= 0.6 is 0 Å². The van der Waals surface area contributed by atoms with Gasteiger partial charge in [-0.15, -0.1) is 0 Å². The highest BCUT2D eigenvalue weighted by Crippen LogP contribution is 2.09. The van der Waals surface area contributed by atoms with Crippen LogP contribution < -0.4 is 21.3 Å². The summed E-state index contributed by atoms with van der Waals surface area (Å²) in [7, 11) is 0. The minimum Gasteiger partial charge on any atom is -0.350 e. The van der Waals surface area contributed by atoms with E-state index in [-0.39, 0.29) is 12.3 Å². The maximum atomic E-state index is 13.0. The van der Waals surface area contributed by atoms with Crippen molar-refractivity contribution in [3.05, 3.63) is 35.9 Å². The van der Waals surface area contributed by atoms with Gasteiger partial charge in [0.1, 0.15) is 12.1 Å². The Morgan fingerprint density at radius 3 is 2.06 bits per heavy atom. The average Bonchev–Trinajstić information content (AvgIpc) is 2.65. The van der Waals surface area contributed by atoms with Crippen molar-refractivity contribution in [3.8, 4) is 0 Å². The molecule has 0 bridgehead atoms. The van der Waals surface area contributed by atoms with E-state index < -0.39 is 41.3 Å². The van der Waals surface area contributed by atoms with Crippen LogP contribution in [-0.4, -0.2) is 47.8 Å². The van der Waals surface area contributed by atoms with Crippen LogP contribution in [0.1, 0.15) is 53.5 Å². The van der Waals surface area contributed by atoms with Gasteiger partial charge >= 0.3 is 6.03 Å². The van der Waals surface area contributed by atoms with Crippen molar-refractivity contribution in [1.82, 2.24) is 21.3 Å². The Hall–Kier alpha value is -2.90. The molecular weight excluding hydrogens is 396 g/mol. The Morgan fingerprint density at radius 1 is 0.935 bits per heavy atom. The number of benzene rings is 1. The Labute approximate surface area is 184 Å². The van der Waals surface area contributed by atoms with Gasteiger partial charge in [-0.3, -0.25) is 14.4 Å². The lowest BCUT2D eigenvalue weighted by Gasteiger charge is -2.26. The average molecular weight is 433 g/mol. The molecule has 1 aromatic rings. The van der Waals surface area contributed by atoms with Crippen molar-refractivity contribution in [2.75, 3.05) is 6.54 Å². The van der Waals surface area contributed by atoms with E-state index >= 15 is 0 Å². The van der Waals surface area contributed by atoms with E-state index in [4.69, 9.17) is 0 Å². The van der Waals surface area contributed by atoms with Gasteiger partial charge < -0.3 is 21.3 Å². The summed E-state index contributed by atoms with van der Waals surface area (Å²) in [5, 5.41) is 10.6. The van der Waals surface area contributed by atoms with Crippen LogP contribution in [0.2, 0.25) is 0 Å². The quantitative estimate of drug-likeness (QED) is 0.423. The first kappa shape index (κ1) is 26.1. The monoisotopic (exact) mass is 432 g/mol. The summed E-state index contributed by atoms with van der Waals surface area (Å²) >= 11 is 0. The first-order valence-electron chi connectivity index (χ1n) is 10.7. The topological polar surface area (TPSA) is 116 Å². The lowest BCUT2D eigenvalue weighted by atomic mass is 9.99. The number of urea groups is 1. The number of hydrogen-bond donors (Lipinski definition) is 4. The number of ketones is 1. The van der Waals surface area contributed by atoms with E-state index in [1.54, 1.807) is 6.92 Å². The summed E-state index contributed by atoms with van der Waals surface area (Å²) in [4.78, 5) is 50.2. The largest absolute Gasteiger partial charge is 0.350 e. The van der Waals surface area contributed by atoms with Crippen molar-refractivity contribution in [1.29, 1.82) is 0 Å². The second-order valence-corrected chi connectivity index (χ2v) is 9.01. The minimum absolute atomic E-state index is 0.123. The fourth-order valence-electron chi connectivity index (χ4n) is 2.98. The standard InChI is InChI=1S/C23H36N4O4/c1-7-24-21(30)19(28)17(14-16-11-9-8-10-12-16)25-20(29)18(13-15(2)3)26-22(31)27-23(4,5)6/h8-12,15,17-18H,7,13-14H2,1-6H3,(H,24,30)(H,25,29)(H2,26,27,31). The van der Waals surface area contributed by atoms with Crippen LogP contribution in [0, 0.1) is 5.92 Å². The molecule has 8 heteroatoms. The maximum Gasteiger partial charge on any atom is 0.315 e. The molecule has 4 N–H and O–H groups in total. The Kier molecular flexibility index (Phi) is 10.2. The number of nitrogens with one attached hydrogen (secondary N) is 4. The smallest absolute Gasteiger partial charge is 0.315 e. The Balaban J connectivity index is 3.02. The van der Waals surface area contributed by atoms with E-state index in [9.17, 15) is 19.2 Å². The van der Waals surface area contributed by atoms with Crippen molar-refractivity contribution in [3.63, 3.8) is 0 Å². The third-order valence-electron chi connectivity index (χ3n) is 4.29. The van der Waals surface area contributed by atoms with Gasteiger partial charge in [0.15, 0.2) is 0 Å². The highest BCUT2D eigenvalue weighted by molar-refractivity contribution is 6.38. The molecule has 8 nitrogen and oxygen atoms in total. The molecule has 0 fully saturated rings. The summed E-state index contributed by atoms with van der Waals surface area (Å²) < 4.78 is 0. The summed E-state index contributed by atoms with van der Waals surface area (Å²) in [6, 6.07) is 6.79. The third-order valence-corrected chi connectivity index (χ3v) is 4.29. The molecule has 0 spiro atoms. The Bertz CT molecular complexity index is 757. The zero-order valence-corrected chi connectivity index (χ0v) is 19.4. The molecule has 0 aromatic heterocycles. The maximum absolute atomic E-state index is 13.0. The van der Waals surface area contributed by atoms with Crippen LogP contribution in [0.15, 0.2) is 30.3 Å². The number of Topliss-reactive ketones (excluding diaryl/α,β-unsaturated/α-hetero) is 1. The highest BCUT2D eigenvalue weighted by atomic mass is 16.2. The number of rotatable bonds is 10. The highest BCUT2D eigenvalue weighted by Gasteiger charge is 2.31. The summed E-state index contributed by atoms with van der Waals surface area (Å²) in [5.74, 6) is -1.85. The predicted molar refractivity (Wildman–Crippen MR) is 120 cm³/mol. The Morgan fingerprint density at radius 2 is 1.55 bits per heavy atom. The normalized spacial score (nSPS) is 13.1. The number of likely N-dealkylation sites (N-methyl/N-ethyl adjacent to an activating group) is 1. The van der Waals surface area contributed by atoms with Crippen LogP contribution in [0.4, 0.5) is 4.79 Å². The molecule has 0 aliphatic rings. The predicted octanol–water partition coefficient (Wildman–Crippen LogP) is 1.93. The van der Waals surface area contributed by atoms with E-state index in [1.807, 2.05) is 65.0 Å². The van der Waals surface area contributed by atoms with E-state index in [2.05, 4.69) is 21.3 Å². The molecular formula is C23H36N4O4. The summed E-state index contributed by atoms with van der Waals surface area (Å²) in [5.41, 5.74) is 0.344. The molecule has 2 unspecified atom stereocenters. The number of carbonyl (C=O) groups excluding carboxylic acids is 4. The fraction of sp³-hybridized carbons (Fsp3) is 0.565. The SMILES string of the molecule is CCNC(=O)C(=O)C(Cc1ccccc1)NC(=O)C(CC(C)C)NC(=O)NC(C)(C)C. The number of carbonyl (C=O) groups is 4. The fourth-order valence-corrected chi connectivity index (χ4v) is 2.98. The lowest BCUT2D eigenvalue weighted by Crippen LogP contribution is -2.57. The summed E-state index contributed by atoms with van der Waals surface area (Å²) in [6.07, 6.45) is 0.557. The third kappa shape index (κ3) is 10.1. The van der Waals surface area contributed by atoms with Gasteiger partial charge in [0.25, 0.3) is 5.91 Å². The van der Waals surface area contributed by atoms with E-state index in [0.29, 0.717) is 13.0 Å². The number of hydrogen-bond acceptors (Lipinski definition) is 4. The molecule has 0 aliphatic heterocycles. The van der Waals surface area contributed by atoms with Gasteiger partial charge in [-0.05, 0) is 45.6 Å². The van der Waals surface area contributed by atoms with Gasteiger partial charge in [-0.25, -0.2) is 4.79 Å². The molecule has 1 aromatic carbocycles. The summed E-state index contributed by atoms with van der Waals surface area (Å²) in [6.45, 7) is 11.4. The first-order valence-corrected chi connectivity index (χ1v) is 10.7. The zero-order chi connectivity index (χ0) is 23.6. The van der Waals surface area contributed by atoms with Gasteiger partial charge in [0, 0.05) is 18.5 Å². The van der Waals surface area contributed by atoms with Crippen molar-refractivity contribution < 1.29 is 19.2 Å². The minimum atomic E-state index is -1.04. The molecule has 31 heavy (non-hydrogen) atoms. The van der Waals surface area contributed by atoms with Crippen LogP contribution in [0.3, 0.4) is 0 Å². The zero-order valence-electron chi connectivity index (χ0n) is 19.4. The molecule has 0 saturated heterocycles. The molecule has 172 valence electrons. The van der Waals surface area contributed by atoms with Crippen LogP contribution in [0.25, 0.3) is 0 Å². The first-order chi connectivity index (χ1) is 14.4. The number of amides is 4. The molecule has 1 rings (SSSR count). The van der Waals surface area contributed by atoms with Gasteiger partial charge in [0.05, 0.1) is 0 Å². The molecule has 0 saturated carbocycles. The van der Waals surface area contributed by atoms with Gasteiger partial charge in [-0.1, -0.05) is 44.2 Å². The molecule has 0 aliphatic carbocycles. The molecule has 0 radical (unpaired) electrons. The van der Waals surface area contributed by atoms with Crippen LogP contribution in [-0.2, 0) is 20.8 Å².